The van der Waals surface area contributed by atoms with Crippen molar-refractivity contribution in [1.29, 1.82) is 0 Å². The fraction of sp³-hybridized carbons (Fsp3) is 0.276. The molecule has 1 heterocycles. The van der Waals surface area contributed by atoms with Crippen molar-refractivity contribution >= 4 is 16.9 Å². The maximum absolute atomic E-state index is 13.6. The van der Waals surface area contributed by atoms with Gasteiger partial charge in [0.25, 0.3) is 0 Å². The molecule has 38 heavy (non-hydrogen) atoms. The number of methoxy groups -OCH3 is 1. The lowest BCUT2D eigenvalue weighted by Gasteiger charge is -2.19. The zero-order chi connectivity index (χ0) is 27.6. The lowest BCUT2D eigenvalue weighted by Crippen LogP contribution is -2.32. The van der Waals surface area contributed by atoms with Crippen molar-refractivity contribution < 1.29 is 37.3 Å². The molecule has 0 fully saturated rings. The van der Waals surface area contributed by atoms with E-state index in [-0.39, 0.29) is 12.5 Å². The predicted molar refractivity (Wildman–Crippen MR) is 137 cm³/mol. The molecule has 4 aromatic rings. The summed E-state index contributed by atoms with van der Waals surface area (Å²) < 4.78 is 59.5. The van der Waals surface area contributed by atoms with Crippen LogP contribution in [0.25, 0.3) is 10.9 Å². The van der Waals surface area contributed by atoms with Gasteiger partial charge in [-0.05, 0) is 67.1 Å². The number of aromatic nitrogens is 1. The number of nitrogens with zero attached hydrogens (tertiary/aromatic N) is 1. The second-order valence-electron chi connectivity index (χ2n) is 9.28. The van der Waals surface area contributed by atoms with Crippen molar-refractivity contribution in [3.8, 4) is 23.0 Å². The highest BCUT2D eigenvalue weighted by Crippen LogP contribution is 2.40. The zero-order valence-electron chi connectivity index (χ0n) is 21.4. The number of ether oxygens (including phenoxy) is 3. The summed E-state index contributed by atoms with van der Waals surface area (Å²) in [4.78, 5) is 11.6. The Bertz CT molecular complexity index is 1440. The number of benzene rings is 3. The minimum absolute atomic E-state index is 0.215. The smallest absolute Gasteiger partial charge is 0.416 e. The summed E-state index contributed by atoms with van der Waals surface area (Å²) in [5.41, 5.74) is 0.951. The first-order chi connectivity index (χ1) is 18.0. The van der Waals surface area contributed by atoms with E-state index in [2.05, 4.69) is 0 Å². The second-order valence-corrected chi connectivity index (χ2v) is 9.28. The molecule has 1 N–H and O–H groups in total. The summed E-state index contributed by atoms with van der Waals surface area (Å²) in [5, 5.41) is 10.00. The molecular weight excluding hydrogens is 499 g/mol. The van der Waals surface area contributed by atoms with Crippen LogP contribution in [0.2, 0.25) is 0 Å². The third kappa shape index (κ3) is 5.72. The first-order valence-electron chi connectivity index (χ1n) is 12.0. The number of halogens is 3. The van der Waals surface area contributed by atoms with Gasteiger partial charge >= 0.3 is 12.1 Å². The number of hydrogen-bond donors (Lipinski definition) is 1. The molecule has 0 bridgehead atoms. The summed E-state index contributed by atoms with van der Waals surface area (Å²) in [6.07, 6.45) is -5.54. The van der Waals surface area contributed by atoms with Gasteiger partial charge in [0.1, 0.15) is 17.2 Å². The molecule has 0 aliphatic heterocycles. The zero-order valence-corrected chi connectivity index (χ0v) is 21.4. The van der Waals surface area contributed by atoms with Crippen LogP contribution in [0, 0.1) is 12.8 Å². The molecule has 0 spiro atoms. The Morgan fingerprint density at radius 1 is 0.974 bits per heavy atom. The largest absolute Gasteiger partial charge is 0.497 e. The van der Waals surface area contributed by atoms with Crippen LogP contribution in [-0.4, -0.2) is 28.9 Å². The highest BCUT2D eigenvalue weighted by molar-refractivity contribution is 5.89. The molecular formula is C29H28F3NO5. The topological polar surface area (TPSA) is 69.9 Å². The van der Waals surface area contributed by atoms with Crippen molar-refractivity contribution in [3.05, 3.63) is 83.6 Å². The van der Waals surface area contributed by atoms with E-state index in [0.717, 1.165) is 17.7 Å². The van der Waals surface area contributed by atoms with Gasteiger partial charge in [-0.25, -0.2) is 4.79 Å². The summed E-state index contributed by atoms with van der Waals surface area (Å²) in [7, 11) is 1.55. The molecule has 0 radical (unpaired) electrons. The molecule has 0 saturated heterocycles. The van der Waals surface area contributed by atoms with Crippen molar-refractivity contribution in [2.45, 2.75) is 39.6 Å². The first kappa shape index (κ1) is 26.9. The third-order valence-corrected chi connectivity index (χ3v) is 6.22. The fourth-order valence-corrected chi connectivity index (χ4v) is 4.23. The number of carboxylic acids is 1. The summed E-state index contributed by atoms with van der Waals surface area (Å²) in [5.74, 6) is 0.635. The molecule has 9 heteroatoms. The van der Waals surface area contributed by atoms with Gasteiger partial charge in [-0.2, -0.15) is 13.2 Å². The fourth-order valence-electron chi connectivity index (χ4n) is 4.23. The number of rotatable bonds is 9. The van der Waals surface area contributed by atoms with Crippen LogP contribution >= 0.6 is 0 Å². The van der Waals surface area contributed by atoms with Gasteiger partial charge in [-0.1, -0.05) is 26.0 Å². The van der Waals surface area contributed by atoms with E-state index in [1.54, 1.807) is 81.0 Å². The Kier molecular flexibility index (Phi) is 7.57. The molecule has 1 aromatic heterocycles. The summed E-state index contributed by atoms with van der Waals surface area (Å²) in [6.45, 7) is 5.50. The standard InChI is InChI=1S/C29H28F3NO5/c1-17(2)26(28(34)35)38-23-7-5-6-19(14-23)16-33-18(3)27(37-22-11-9-21(36-4)10-12-22)24-13-8-20(15-25(24)33)29(30,31)32/h5-15,17,26H,16H2,1-4H3,(H,34,35). The minimum Gasteiger partial charge on any atom is -0.497 e. The highest BCUT2D eigenvalue weighted by Gasteiger charge is 2.32. The molecule has 0 amide bonds. The van der Waals surface area contributed by atoms with E-state index in [4.69, 9.17) is 14.2 Å². The lowest BCUT2D eigenvalue weighted by atomic mass is 10.1. The maximum atomic E-state index is 13.6. The van der Waals surface area contributed by atoms with Crippen LogP contribution in [-0.2, 0) is 17.5 Å². The molecule has 0 aliphatic carbocycles. The van der Waals surface area contributed by atoms with E-state index in [0.29, 0.717) is 39.6 Å². The highest BCUT2D eigenvalue weighted by atomic mass is 19.4. The van der Waals surface area contributed by atoms with Crippen LogP contribution in [0.5, 0.6) is 23.0 Å². The van der Waals surface area contributed by atoms with E-state index in [1.807, 2.05) is 0 Å². The number of fused-ring (bicyclic) bond motifs is 1. The van der Waals surface area contributed by atoms with Crippen molar-refractivity contribution in [2.24, 2.45) is 5.92 Å². The van der Waals surface area contributed by atoms with Crippen LogP contribution in [0.1, 0.15) is 30.7 Å². The molecule has 1 unspecified atom stereocenters. The Balaban J connectivity index is 1.75. The SMILES string of the molecule is COc1ccc(Oc2c(C)n(Cc3cccc(OC(C(=O)O)C(C)C)c3)c3cc(C(F)(F)F)ccc23)cc1. The number of aliphatic carboxylic acids is 1. The average molecular weight is 528 g/mol. The van der Waals surface area contributed by atoms with E-state index < -0.39 is 23.8 Å². The molecule has 3 aromatic carbocycles. The predicted octanol–water partition coefficient (Wildman–Crippen LogP) is 7.31. The van der Waals surface area contributed by atoms with Gasteiger partial charge in [0.15, 0.2) is 11.9 Å². The molecule has 1 atom stereocenters. The van der Waals surface area contributed by atoms with Crippen LogP contribution in [0.15, 0.2) is 66.7 Å². The van der Waals surface area contributed by atoms with Crippen molar-refractivity contribution in [2.75, 3.05) is 7.11 Å². The molecule has 200 valence electrons. The quantitative estimate of drug-likeness (QED) is 0.247. The second kappa shape index (κ2) is 10.7. The Morgan fingerprint density at radius 3 is 2.26 bits per heavy atom. The molecule has 4 rings (SSSR count). The van der Waals surface area contributed by atoms with E-state index in [9.17, 15) is 23.1 Å². The molecule has 6 nitrogen and oxygen atoms in total. The Morgan fingerprint density at radius 2 is 1.66 bits per heavy atom. The van der Waals surface area contributed by atoms with Gasteiger partial charge in [-0.3, -0.25) is 0 Å². The first-order valence-corrected chi connectivity index (χ1v) is 12.0. The summed E-state index contributed by atoms with van der Waals surface area (Å²) >= 11 is 0. The number of alkyl halides is 3. The van der Waals surface area contributed by atoms with Crippen LogP contribution < -0.4 is 14.2 Å². The lowest BCUT2D eigenvalue weighted by molar-refractivity contribution is -0.147. The minimum atomic E-state index is -4.51. The number of hydrogen-bond acceptors (Lipinski definition) is 4. The summed E-state index contributed by atoms with van der Waals surface area (Å²) in [6, 6.07) is 17.4. The van der Waals surface area contributed by atoms with Gasteiger partial charge in [-0.15, -0.1) is 0 Å². The van der Waals surface area contributed by atoms with Crippen molar-refractivity contribution in [3.63, 3.8) is 0 Å². The maximum Gasteiger partial charge on any atom is 0.416 e. The Hall–Kier alpha value is -4.14. The van der Waals surface area contributed by atoms with E-state index in [1.165, 1.54) is 6.07 Å². The number of carboxylic acid groups (broad SMARTS) is 1. The third-order valence-electron chi connectivity index (χ3n) is 6.22. The van der Waals surface area contributed by atoms with Gasteiger partial charge in [0.05, 0.1) is 23.9 Å². The Labute approximate surface area is 218 Å². The van der Waals surface area contributed by atoms with Crippen LogP contribution in [0.3, 0.4) is 0 Å². The van der Waals surface area contributed by atoms with Crippen LogP contribution in [0.4, 0.5) is 13.2 Å². The molecule has 0 saturated carbocycles. The van der Waals surface area contributed by atoms with Gasteiger partial charge in [0, 0.05) is 17.8 Å². The average Bonchev–Trinajstić information content (AvgIpc) is 3.12. The van der Waals surface area contributed by atoms with E-state index >= 15 is 0 Å². The monoisotopic (exact) mass is 527 g/mol. The normalized spacial score (nSPS) is 12.5. The van der Waals surface area contributed by atoms with Gasteiger partial charge in [0.2, 0.25) is 0 Å². The van der Waals surface area contributed by atoms with Gasteiger partial charge < -0.3 is 23.9 Å². The number of carbonyl (C=O) groups is 1. The van der Waals surface area contributed by atoms with Crippen molar-refractivity contribution in [1.82, 2.24) is 4.57 Å². The molecule has 0 aliphatic rings.